The SMILES string of the molecule is CCCC(=O)c1ccc(OCc2ccccc2)c2ccccc12. The maximum atomic E-state index is 12.3. The van der Waals surface area contributed by atoms with E-state index in [1.807, 2.05) is 73.7 Å². The van der Waals surface area contributed by atoms with E-state index < -0.39 is 0 Å². The van der Waals surface area contributed by atoms with Gasteiger partial charge in [0.15, 0.2) is 5.78 Å². The molecule has 0 N–H and O–H groups in total. The van der Waals surface area contributed by atoms with Gasteiger partial charge in [0, 0.05) is 17.4 Å². The van der Waals surface area contributed by atoms with Crippen molar-refractivity contribution in [2.24, 2.45) is 0 Å². The average Bonchev–Trinajstić information content (AvgIpc) is 2.60. The molecule has 0 aliphatic heterocycles. The predicted molar refractivity (Wildman–Crippen MR) is 94.0 cm³/mol. The van der Waals surface area contributed by atoms with Gasteiger partial charge < -0.3 is 4.74 Å². The van der Waals surface area contributed by atoms with Gasteiger partial charge in [-0.15, -0.1) is 0 Å². The van der Waals surface area contributed by atoms with Crippen LogP contribution in [0.15, 0.2) is 66.7 Å². The lowest BCUT2D eigenvalue weighted by Crippen LogP contribution is -2.01. The van der Waals surface area contributed by atoms with Crippen LogP contribution in [0.2, 0.25) is 0 Å². The number of rotatable bonds is 6. The summed E-state index contributed by atoms with van der Waals surface area (Å²) in [5.74, 6) is 1.01. The molecule has 116 valence electrons. The van der Waals surface area contributed by atoms with Crippen molar-refractivity contribution in [2.45, 2.75) is 26.4 Å². The van der Waals surface area contributed by atoms with Gasteiger partial charge in [-0.3, -0.25) is 4.79 Å². The first-order valence-electron chi connectivity index (χ1n) is 8.01. The van der Waals surface area contributed by atoms with E-state index in [-0.39, 0.29) is 5.78 Å². The lowest BCUT2D eigenvalue weighted by atomic mass is 9.98. The highest BCUT2D eigenvalue weighted by Gasteiger charge is 2.12. The Morgan fingerprint density at radius 1 is 0.870 bits per heavy atom. The van der Waals surface area contributed by atoms with Gasteiger partial charge >= 0.3 is 0 Å². The van der Waals surface area contributed by atoms with E-state index in [0.717, 1.165) is 34.1 Å². The Morgan fingerprint density at radius 3 is 2.30 bits per heavy atom. The molecular formula is C21H20O2. The number of ether oxygens (including phenoxy) is 1. The molecule has 0 unspecified atom stereocenters. The van der Waals surface area contributed by atoms with Crippen molar-refractivity contribution in [1.82, 2.24) is 0 Å². The van der Waals surface area contributed by atoms with Crippen LogP contribution >= 0.6 is 0 Å². The maximum Gasteiger partial charge on any atom is 0.163 e. The van der Waals surface area contributed by atoms with Gasteiger partial charge in [-0.2, -0.15) is 0 Å². The number of benzene rings is 3. The fraction of sp³-hybridized carbons (Fsp3) is 0.190. The number of fused-ring (bicyclic) bond motifs is 1. The van der Waals surface area contributed by atoms with Crippen LogP contribution in [-0.4, -0.2) is 5.78 Å². The molecule has 0 atom stereocenters. The number of hydrogen-bond donors (Lipinski definition) is 0. The van der Waals surface area contributed by atoms with Crippen molar-refractivity contribution in [3.63, 3.8) is 0 Å². The minimum absolute atomic E-state index is 0.193. The Labute approximate surface area is 136 Å². The summed E-state index contributed by atoms with van der Waals surface area (Å²) in [6, 6.07) is 21.8. The third kappa shape index (κ3) is 3.42. The molecule has 0 fully saturated rings. The summed E-state index contributed by atoms with van der Waals surface area (Å²) in [6.07, 6.45) is 1.44. The summed E-state index contributed by atoms with van der Waals surface area (Å²) in [6.45, 7) is 2.55. The number of carbonyl (C=O) groups excluding carboxylic acids is 1. The molecule has 0 aromatic heterocycles. The molecule has 0 amide bonds. The minimum atomic E-state index is 0.193. The van der Waals surface area contributed by atoms with Gasteiger partial charge in [0.05, 0.1) is 0 Å². The Morgan fingerprint density at radius 2 is 1.57 bits per heavy atom. The third-order valence-electron chi connectivity index (χ3n) is 3.90. The lowest BCUT2D eigenvalue weighted by molar-refractivity contribution is 0.0983. The van der Waals surface area contributed by atoms with Crippen molar-refractivity contribution < 1.29 is 9.53 Å². The molecule has 0 radical (unpaired) electrons. The number of carbonyl (C=O) groups is 1. The first kappa shape index (κ1) is 15.3. The quantitative estimate of drug-likeness (QED) is 0.570. The second-order valence-corrected chi connectivity index (χ2v) is 5.60. The third-order valence-corrected chi connectivity index (χ3v) is 3.90. The predicted octanol–water partition coefficient (Wildman–Crippen LogP) is 5.40. The molecule has 3 aromatic carbocycles. The van der Waals surface area contributed by atoms with Crippen molar-refractivity contribution in [3.05, 3.63) is 77.9 Å². The molecule has 3 aromatic rings. The Kier molecular flexibility index (Phi) is 4.72. The monoisotopic (exact) mass is 304 g/mol. The highest BCUT2D eigenvalue weighted by atomic mass is 16.5. The second kappa shape index (κ2) is 7.10. The molecule has 0 saturated heterocycles. The van der Waals surface area contributed by atoms with Gasteiger partial charge in [-0.05, 0) is 29.5 Å². The van der Waals surface area contributed by atoms with Crippen molar-refractivity contribution in [2.75, 3.05) is 0 Å². The highest BCUT2D eigenvalue weighted by molar-refractivity contribution is 6.09. The van der Waals surface area contributed by atoms with Crippen LogP contribution in [0.25, 0.3) is 10.8 Å². The van der Waals surface area contributed by atoms with Crippen molar-refractivity contribution in [3.8, 4) is 5.75 Å². The maximum absolute atomic E-state index is 12.3. The highest BCUT2D eigenvalue weighted by Crippen LogP contribution is 2.30. The molecular weight excluding hydrogens is 284 g/mol. The van der Waals surface area contributed by atoms with Crippen molar-refractivity contribution >= 4 is 16.6 Å². The molecule has 23 heavy (non-hydrogen) atoms. The fourth-order valence-corrected chi connectivity index (χ4v) is 2.74. The number of Topliss-reactive ketones (excluding diaryl/α,β-unsaturated/α-hetero) is 1. The minimum Gasteiger partial charge on any atom is -0.488 e. The van der Waals surface area contributed by atoms with E-state index in [2.05, 4.69) is 0 Å². The van der Waals surface area contributed by atoms with Crippen LogP contribution in [0.1, 0.15) is 35.7 Å². The number of hydrogen-bond acceptors (Lipinski definition) is 2. The normalized spacial score (nSPS) is 10.7. The Bertz CT molecular complexity index is 806. The average molecular weight is 304 g/mol. The Hall–Kier alpha value is -2.61. The van der Waals surface area contributed by atoms with Crippen LogP contribution in [0.3, 0.4) is 0 Å². The topological polar surface area (TPSA) is 26.3 Å². The van der Waals surface area contributed by atoms with Gasteiger partial charge in [-0.25, -0.2) is 0 Å². The van der Waals surface area contributed by atoms with E-state index in [1.165, 1.54) is 0 Å². The van der Waals surface area contributed by atoms with E-state index >= 15 is 0 Å². The molecule has 2 heteroatoms. The van der Waals surface area contributed by atoms with Crippen molar-refractivity contribution in [1.29, 1.82) is 0 Å². The molecule has 0 heterocycles. The van der Waals surface area contributed by atoms with Crippen LogP contribution < -0.4 is 4.74 Å². The van der Waals surface area contributed by atoms with Gasteiger partial charge in [0.2, 0.25) is 0 Å². The molecule has 0 spiro atoms. The summed E-state index contributed by atoms with van der Waals surface area (Å²) < 4.78 is 5.99. The first-order chi connectivity index (χ1) is 11.3. The van der Waals surface area contributed by atoms with Gasteiger partial charge in [-0.1, -0.05) is 61.5 Å². The van der Waals surface area contributed by atoms with Crippen LogP contribution in [0, 0.1) is 0 Å². The van der Waals surface area contributed by atoms with E-state index in [1.54, 1.807) is 0 Å². The Balaban J connectivity index is 1.93. The van der Waals surface area contributed by atoms with E-state index in [9.17, 15) is 4.79 Å². The molecule has 3 rings (SSSR count). The second-order valence-electron chi connectivity index (χ2n) is 5.60. The summed E-state index contributed by atoms with van der Waals surface area (Å²) in [4.78, 5) is 12.3. The lowest BCUT2D eigenvalue weighted by Gasteiger charge is -2.12. The van der Waals surface area contributed by atoms with Crippen LogP contribution in [0.5, 0.6) is 5.75 Å². The van der Waals surface area contributed by atoms with Gasteiger partial charge in [0.25, 0.3) is 0 Å². The van der Waals surface area contributed by atoms with Crippen LogP contribution in [0.4, 0.5) is 0 Å². The molecule has 0 saturated carbocycles. The largest absolute Gasteiger partial charge is 0.488 e. The van der Waals surface area contributed by atoms with E-state index in [4.69, 9.17) is 4.74 Å². The fourth-order valence-electron chi connectivity index (χ4n) is 2.74. The summed E-state index contributed by atoms with van der Waals surface area (Å²) >= 11 is 0. The first-order valence-corrected chi connectivity index (χ1v) is 8.01. The zero-order valence-electron chi connectivity index (χ0n) is 13.3. The number of ketones is 1. The summed E-state index contributed by atoms with van der Waals surface area (Å²) in [5, 5.41) is 1.96. The molecule has 0 aliphatic carbocycles. The standard InChI is InChI=1S/C21H20O2/c1-2-8-20(22)18-13-14-21(19-12-7-6-11-17(18)19)23-15-16-9-4-3-5-10-16/h3-7,9-14H,2,8,15H2,1H3. The summed E-state index contributed by atoms with van der Waals surface area (Å²) in [5.41, 5.74) is 1.91. The van der Waals surface area contributed by atoms with E-state index in [0.29, 0.717) is 13.0 Å². The summed E-state index contributed by atoms with van der Waals surface area (Å²) in [7, 11) is 0. The molecule has 2 nitrogen and oxygen atoms in total. The smallest absolute Gasteiger partial charge is 0.163 e. The zero-order chi connectivity index (χ0) is 16.1. The molecule has 0 bridgehead atoms. The van der Waals surface area contributed by atoms with Crippen LogP contribution in [-0.2, 0) is 6.61 Å². The zero-order valence-corrected chi connectivity index (χ0v) is 13.3. The molecule has 0 aliphatic rings. The van der Waals surface area contributed by atoms with Gasteiger partial charge in [0.1, 0.15) is 12.4 Å².